The summed E-state index contributed by atoms with van der Waals surface area (Å²) in [7, 11) is 1.62. The van der Waals surface area contributed by atoms with Gasteiger partial charge in [0.05, 0.1) is 7.11 Å². The van der Waals surface area contributed by atoms with E-state index in [1.165, 1.54) is 6.33 Å². The maximum atomic E-state index is 12.1. The van der Waals surface area contributed by atoms with E-state index in [-0.39, 0.29) is 11.9 Å². The van der Waals surface area contributed by atoms with Crippen molar-refractivity contribution in [3.63, 3.8) is 0 Å². The minimum absolute atomic E-state index is 0.112. The quantitative estimate of drug-likeness (QED) is 0.858. The summed E-state index contributed by atoms with van der Waals surface area (Å²) >= 11 is 0. The number of anilines is 2. The fourth-order valence-electron chi connectivity index (χ4n) is 1.77. The number of hydrogen-bond acceptors (Lipinski definition) is 5. The Labute approximate surface area is 129 Å². The highest BCUT2D eigenvalue weighted by molar-refractivity contribution is 5.93. The lowest BCUT2D eigenvalue weighted by Crippen LogP contribution is -2.32. The molecule has 2 rings (SSSR count). The van der Waals surface area contributed by atoms with Gasteiger partial charge in [-0.15, -0.1) is 0 Å². The molecule has 0 saturated heterocycles. The van der Waals surface area contributed by atoms with Gasteiger partial charge in [-0.05, 0) is 37.6 Å². The summed E-state index contributed by atoms with van der Waals surface area (Å²) in [4.78, 5) is 20.2. The van der Waals surface area contributed by atoms with Crippen LogP contribution in [-0.2, 0) is 0 Å². The highest BCUT2D eigenvalue weighted by Crippen LogP contribution is 2.18. The number of carbonyl (C=O) groups excluding carboxylic acids is 1. The van der Waals surface area contributed by atoms with Crippen LogP contribution in [0.1, 0.15) is 30.8 Å². The maximum absolute atomic E-state index is 12.1. The average Bonchev–Trinajstić information content (AvgIpc) is 2.55. The largest absolute Gasteiger partial charge is 0.497 e. The second-order valence-electron chi connectivity index (χ2n) is 4.92. The molecule has 0 aliphatic rings. The summed E-state index contributed by atoms with van der Waals surface area (Å²) in [6, 6.07) is 9.18. The summed E-state index contributed by atoms with van der Waals surface area (Å²) in [5.41, 5.74) is 1.19. The first kappa shape index (κ1) is 15.8. The molecule has 0 bridgehead atoms. The normalized spacial score (nSPS) is 11.6. The number of carbonyl (C=O) groups is 1. The average molecular weight is 300 g/mol. The topological polar surface area (TPSA) is 76.1 Å². The van der Waals surface area contributed by atoms with Crippen LogP contribution in [0.4, 0.5) is 11.5 Å². The van der Waals surface area contributed by atoms with Crippen molar-refractivity contribution in [2.45, 2.75) is 26.3 Å². The zero-order chi connectivity index (χ0) is 15.9. The summed E-state index contributed by atoms with van der Waals surface area (Å²) in [5, 5.41) is 6.01. The van der Waals surface area contributed by atoms with E-state index in [4.69, 9.17) is 4.74 Å². The number of rotatable bonds is 6. The van der Waals surface area contributed by atoms with E-state index >= 15 is 0 Å². The van der Waals surface area contributed by atoms with E-state index in [0.717, 1.165) is 17.9 Å². The molecule has 22 heavy (non-hydrogen) atoms. The van der Waals surface area contributed by atoms with Crippen molar-refractivity contribution in [2.75, 3.05) is 12.4 Å². The Morgan fingerprint density at radius 2 is 2.00 bits per heavy atom. The molecule has 0 radical (unpaired) electrons. The first-order valence-corrected chi connectivity index (χ1v) is 7.16. The molecule has 0 fully saturated rings. The highest BCUT2D eigenvalue weighted by Gasteiger charge is 2.11. The Balaban J connectivity index is 2.08. The number of nitrogens with zero attached hydrogens (tertiary/aromatic N) is 2. The van der Waals surface area contributed by atoms with Crippen molar-refractivity contribution in [3.05, 3.63) is 42.4 Å². The molecule has 6 heteroatoms. The van der Waals surface area contributed by atoms with Crippen molar-refractivity contribution in [1.82, 2.24) is 15.3 Å². The molecule has 1 heterocycles. The molecule has 1 atom stereocenters. The number of aromatic nitrogens is 2. The van der Waals surface area contributed by atoms with Gasteiger partial charge in [0.2, 0.25) is 0 Å². The van der Waals surface area contributed by atoms with Gasteiger partial charge in [0.15, 0.2) is 0 Å². The van der Waals surface area contributed by atoms with E-state index < -0.39 is 0 Å². The third-order valence-corrected chi connectivity index (χ3v) is 3.25. The minimum Gasteiger partial charge on any atom is -0.497 e. The molecule has 1 unspecified atom stereocenters. The molecule has 1 aromatic heterocycles. The Morgan fingerprint density at radius 1 is 1.27 bits per heavy atom. The molecule has 0 aliphatic carbocycles. The van der Waals surface area contributed by atoms with Gasteiger partial charge >= 0.3 is 0 Å². The second-order valence-corrected chi connectivity index (χ2v) is 4.92. The molecule has 116 valence electrons. The van der Waals surface area contributed by atoms with Crippen LogP contribution in [-0.4, -0.2) is 29.0 Å². The van der Waals surface area contributed by atoms with Gasteiger partial charge < -0.3 is 15.4 Å². The molecular weight excluding hydrogens is 280 g/mol. The molecule has 6 nitrogen and oxygen atoms in total. The highest BCUT2D eigenvalue weighted by atomic mass is 16.5. The molecule has 0 saturated carbocycles. The van der Waals surface area contributed by atoms with Crippen molar-refractivity contribution in [3.8, 4) is 5.75 Å². The van der Waals surface area contributed by atoms with Crippen LogP contribution in [0.2, 0.25) is 0 Å². The van der Waals surface area contributed by atoms with E-state index in [2.05, 4.69) is 20.6 Å². The standard InChI is InChI=1S/C16H20N4O2/c1-4-11(2)19-16(21)14-9-15(18-10-17-14)20-12-5-7-13(22-3)8-6-12/h5-11H,4H2,1-3H3,(H,19,21)(H,17,18,20). The first-order chi connectivity index (χ1) is 10.6. The van der Waals surface area contributed by atoms with Crippen LogP contribution in [0, 0.1) is 0 Å². The smallest absolute Gasteiger partial charge is 0.270 e. The Hall–Kier alpha value is -2.63. The molecule has 0 spiro atoms. The van der Waals surface area contributed by atoms with Crippen LogP contribution in [0.25, 0.3) is 0 Å². The minimum atomic E-state index is -0.200. The van der Waals surface area contributed by atoms with Gasteiger partial charge in [-0.1, -0.05) is 6.92 Å². The third-order valence-electron chi connectivity index (χ3n) is 3.25. The fourth-order valence-corrected chi connectivity index (χ4v) is 1.77. The monoisotopic (exact) mass is 300 g/mol. The number of methoxy groups -OCH3 is 1. The van der Waals surface area contributed by atoms with Crippen molar-refractivity contribution < 1.29 is 9.53 Å². The lowest BCUT2D eigenvalue weighted by Gasteiger charge is -2.11. The van der Waals surface area contributed by atoms with Crippen LogP contribution in [0.3, 0.4) is 0 Å². The zero-order valence-electron chi connectivity index (χ0n) is 13.0. The molecule has 2 aromatic rings. The van der Waals surface area contributed by atoms with Gasteiger partial charge in [-0.2, -0.15) is 0 Å². The number of nitrogens with one attached hydrogen (secondary N) is 2. The van der Waals surface area contributed by atoms with E-state index in [1.54, 1.807) is 13.2 Å². The molecule has 0 aliphatic heterocycles. The van der Waals surface area contributed by atoms with E-state index in [9.17, 15) is 4.79 Å². The van der Waals surface area contributed by atoms with E-state index in [0.29, 0.717) is 11.5 Å². The summed E-state index contributed by atoms with van der Waals surface area (Å²) in [5.74, 6) is 1.14. The number of hydrogen-bond donors (Lipinski definition) is 2. The molecular formula is C16H20N4O2. The van der Waals surface area contributed by atoms with Gasteiger partial charge in [0.1, 0.15) is 23.6 Å². The number of benzene rings is 1. The molecule has 2 N–H and O–H groups in total. The second kappa shape index (κ2) is 7.40. The summed E-state index contributed by atoms with van der Waals surface area (Å²) < 4.78 is 5.11. The van der Waals surface area contributed by atoms with Gasteiger partial charge in [-0.3, -0.25) is 4.79 Å². The maximum Gasteiger partial charge on any atom is 0.270 e. The Morgan fingerprint density at radius 3 is 2.64 bits per heavy atom. The lowest BCUT2D eigenvalue weighted by molar-refractivity contribution is 0.0934. The predicted octanol–water partition coefficient (Wildman–Crippen LogP) is 2.76. The van der Waals surface area contributed by atoms with Gasteiger partial charge in [-0.25, -0.2) is 9.97 Å². The zero-order valence-corrected chi connectivity index (χ0v) is 13.0. The van der Waals surface area contributed by atoms with Crippen LogP contribution in [0.15, 0.2) is 36.7 Å². The van der Waals surface area contributed by atoms with Crippen LogP contribution >= 0.6 is 0 Å². The number of amides is 1. The molecule has 1 amide bonds. The van der Waals surface area contributed by atoms with Gasteiger partial charge in [0.25, 0.3) is 5.91 Å². The lowest BCUT2D eigenvalue weighted by atomic mass is 10.2. The third kappa shape index (κ3) is 4.18. The SMILES string of the molecule is CCC(C)NC(=O)c1cc(Nc2ccc(OC)cc2)ncn1. The number of ether oxygens (including phenoxy) is 1. The predicted molar refractivity (Wildman–Crippen MR) is 85.5 cm³/mol. The van der Waals surface area contributed by atoms with Crippen LogP contribution < -0.4 is 15.4 Å². The Bertz CT molecular complexity index is 628. The first-order valence-electron chi connectivity index (χ1n) is 7.16. The molecule has 1 aromatic carbocycles. The van der Waals surface area contributed by atoms with Crippen LogP contribution in [0.5, 0.6) is 5.75 Å². The fraction of sp³-hybridized carbons (Fsp3) is 0.312. The summed E-state index contributed by atoms with van der Waals surface area (Å²) in [6.07, 6.45) is 2.24. The van der Waals surface area contributed by atoms with Crippen molar-refractivity contribution in [2.24, 2.45) is 0 Å². The Kier molecular flexibility index (Phi) is 5.30. The summed E-state index contributed by atoms with van der Waals surface area (Å²) in [6.45, 7) is 3.97. The van der Waals surface area contributed by atoms with E-state index in [1.807, 2.05) is 38.1 Å². The van der Waals surface area contributed by atoms with Crippen molar-refractivity contribution in [1.29, 1.82) is 0 Å². The van der Waals surface area contributed by atoms with Gasteiger partial charge in [0, 0.05) is 17.8 Å². The van der Waals surface area contributed by atoms with Crippen molar-refractivity contribution >= 4 is 17.4 Å².